The molecule has 0 bridgehead atoms. The first-order valence-electron chi connectivity index (χ1n) is 9.62. The molecule has 0 fully saturated rings. The lowest BCUT2D eigenvalue weighted by Crippen LogP contribution is -2.14. The molecule has 1 N–H and O–H groups in total. The van der Waals surface area contributed by atoms with Gasteiger partial charge in [-0.15, -0.1) is 5.10 Å². The van der Waals surface area contributed by atoms with E-state index in [1.807, 2.05) is 66.2 Å². The van der Waals surface area contributed by atoms with Gasteiger partial charge in [0.25, 0.3) is 5.56 Å². The lowest BCUT2D eigenvalue weighted by atomic mass is 10.1. The second kappa shape index (κ2) is 7.14. The molecule has 2 aromatic carbocycles. The number of hydrogen-bond donors (Lipinski definition) is 1. The number of nitrogens with zero attached hydrogens (tertiary/aromatic N) is 5. The highest BCUT2D eigenvalue weighted by Gasteiger charge is 2.17. The van der Waals surface area contributed by atoms with Crippen LogP contribution in [-0.2, 0) is 13.1 Å². The van der Waals surface area contributed by atoms with E-state index in [9.17, 15) is 4.79 Å². The van der Waals surface area contributed by atoms with Crippen molar-refractivity contribution in [1.82, 2.24) is 29.8 Å². The summed E-state index contributed by atoms with van der Waals surface area (Å²) in [5.74, 6) is 0.819. The molecule has 0 aliphatic rings. The SMILES string of the molecule is COc1ccc(Cn2cc(Cn3c4ccccc4c4c(C)n[nH]c(=O)c43)nn2)cc1. The van der Waals surface area contributed by atoms with Crippen LogP contribution in [0.4, 0.5) is 0 Å². The highest BCUT2D eigenvalue weighted by atomic mass is 16.5. The molecule has 3 aromatic heterocycles. The number of para-hydroxylation sites is 1. The molecule has 30 heavy (non-hydrogen) atoms. The van der Waals surface area contributed by atoms with Crippen LogP contribution < -0.4 is 10.3 Å². The summed E-state index contributed by atoms with van der Waals surface area (Å²) < 4.78 is 8.98. The van der Waals surface area contributed by atoms with Gasteiger partial charge in [0, 0.05) is 16.3 Å². The van der Waals surface area contributed by atoms with Crippen molar-refractivity contribution in [2.24, 2.45) is 0 Å². The molecule has 0 aliphatic heterocycles. The van der Waals surface area contributed by atoms with Gasteiger partial charge in [0.2, 0.25) is 0 Å². The van der Waals surface area contributed by atoms with Gasteiger partial charge in [0.15, 0.2) is 0 Å². The van der Waals surface area contributed by atoms with Crippen LogP contribution in [0, 0.1) is 6.92 Å². The number of H-pyrrole nitrogens is 1. The molecular formula is C22H20N6O2. The molecule has 0 atom stereocenters. The quantitative estimate of drug-likeness (QED) is 0.490. The minimum atomic E-state index is -0.211. The molecule has 0 aliphatic carbocycles. The summed E-state index contributed by atoms with van der Waals surface area (Å²) in [6.07, 6.45) is 1.91. The summed E-state index contributed by atoms with van der Waals surface area (Å²) in [6.45, 7) is 2.95. The van der Waals surface area contributed by atoms with Crippen molar-refractivity contribution in [3.63, 3.8) is 0 Å². The van der Waals surface area contributed by atoms with E-state index in [2.05, 4.69) is 20.5 Å². The van der Waals surface area contributed by atoms with Crippen LogP contribution in [0.3, 0.4) is 0 Å². The van der Waals surface area contributed by atoms with E-state index in [4.69, 9.17) is 4.74 Å². The van der Waals surface area contributed by atoms with Crippen molar-refractivity contribution in [3.05, 3.63) is 82.0 Å². The summed E-state index contributed by atoms with van der Waals surface area (Å²) in [5.41, 5.74) is 4.04. The predicted octanol–water partition coefficient (Wildman–Crippen LogP) is 2.88. The van der Waals surface area contributed by atoms with Crippen molar-refractivity contribution in [1.29, 1.82) is 0 Å². The molecule has 0 amide bonds. The van der Waals surface area contributed by atoms with E-state index in [1.54, 1.807) is 11.8 Å². The number of hydrogen-bond acceptors (Lipinski definition) is 5. The fraction of sp³-hybridized carbons (Fsp3) is 0.182. The maximum absolute atomic E-state index is 12.6. The zero-order valence-corrected chi connectivity index (χ0v) is 16.7. The molecule has 0 unspecified atom stereocenters. The lowest BCUT2D eigenvalue weighted by molar-refractivity contribution is 0.414. The highest BCUT2D eigenvalue weighted by molar-refractivity contribution is 6.08. The summed E-state index contributed by atoms with van der Waals surface area (Å²) in [5, 5.41) is 17.2. The summed E-state index contributed by atoms with van der Waals surface area (Å²) in [7, 11) is 1.65. The number of fused-ring (bicyclic) bond motifs is 3. The third-order valence-electron chi connectivity index (χ3n) is 5.28. The zero-order chi connectivity index (χ0) is 20.7. The predicted molar refractivity (Wildman–Crippen MR) is 114 cm³/mol. The molecule has 0 saturated heterocycles. The zero-order valence-electron chi connectivity index (χ0n) is 16.7. The Morgan fingerprint density at radius 2 is 1.87 bits per heavy atom. The molecule has 0 spiro atoms. The van der Waals surface area contributed by atoms with Gasteiger partial charge in [-0.05, 0) is 30.7 Å². The summed E-state index contributed by atoms with van der Waals surface area (Å²) in [4.78, 5) is 12.6. The van der Waals surface area contributed by atoms with Gasteiger partial charge >= 0.3 is 0 Å². The van der Waals surface area contributed by atoms with Gasteiger partial charge in [0.05, 0.1) is 32.1 Å². The fourth-order valence-corrected chi connectivity index (χ4v) is 3.88. The normalized spacial score (nSPS) is 11.4. The number of aryl methyl sites for hydroxylation is 1. The number of methoxy groups -OCH3 is 1. The Balaban J connectivity index is 1.52. The van der Waals surface area contributed by atoms with Gasteiger partial charge < -0.3 is 9.30 Å². The van der Waals surface area contributed by atoms with Gasteiger partial charge in [-0.3, -0.25) is 4.79 Å². The maximum atomic E-state index is 12.6. The number of nitrogens with one attached hydrogen (secondary N) is 1. The van der Waals surface area contributed by atoms with Crippen molar-refractivity contribution in [2.45, 2.75) is 20.0 Å². The maximum Gasteiger partial charge on any atom is 0.288 e. The van der Waals surface area contributed by atoms with E-state index in [-0.39, 0.29) is 5.56 Å². The van der Waals surface area contributed by atoms with Crippen LogP contribution in [0.25, 0.3) is 21.8 Å². The molecule has 5 aromatic rings. The van der Waals surface area contributed by atoms with Crippen LogP contribution in [0.15, 0.2) is 59.5 Å². The Hall–Kier alpha value is -3.94. The third-order valence-corrected chi connectivity index (χ3v) is 5.28. The molecule has 5 rings (SSSR count). The second-order valence-corrected chi connectivity index (χ2v) is 7.22. The first-order chi connectivity index (χ1) is 14.6. The number of aromatic amines is 1. The molecule has 8 heteroatoms. The van der Waals surface area contributed by atoms with Crippen LogP contribution in [0.2, 0.25) is 0 Å². The number of benzene rings is 2. The van der Waals surface area contributed by atoms with Crippen LogP contribution in [-0.4, -0.2) is 36.9 Å². The summed E-state index contributed by atoms with van der Waals surface area (Å²) in [6, 6.07) is 15.8. The topological polar surface area (TPSA) is 90.6 Å². The smallest absolute Gasteiger partial charge is 0.288 e. The monoisotopic (exact) mass is 400 g/mol. The van der Waals surface area contributed by atoms with Crippen molar-refractivity contribution >= 4 is 21.8 Å². The Morgan fingerprint density at radius 1 is 1.07 bits per heavy atom. The number of rotatable bonds is 5. The average Bonchev–Trinajstić information content (AvgIpc) is 3.35. The number of ether oxygens (including phenoxy) is 1. The van der Waals surface area contributed by atoms with Gasteiger partial charge in [0.1, 0.15) is 17.0 Å². The molecule has 0 saturated carbocycles. The lowest BCUT2D eigenvalue weighted by Gasteiger charge is -2.04. The highest BCUT2D eigenvalue weighted by Crippen LogP contribution is 2.28. The van der Waals surface area contributed by atoms with Crippen molar-refractivity contribution in [2.75, 3.05) is 7.11 Å². The molecule has 3 heterocycles. The van der Waals surface area contributed by atoms with Crippen LogP contribution in [0.1, 0.15) is 17.0 Å². The number of aromatic nitrogens is 6. The van der Waals surface area contributed by atoms with Gasteiger partial charge in [-0.2, -0.15) is 5.10 Å². The summed E-state index contributed by atoms with van der Waals surface area (Å²) >= 11 is 0. The second-order valence-electron chi connectivity index (χ2n) is 7.22. The fourth-order valence-electron chi connectivity index (χ4n) is 3.88. The molecular weight excluding hydrogens is 380 g/mol. The van der Waals surface area contributed by atoms with Crippen LogP contribution >= 0.6 is 0 Å². The standard InChI is InChI=1S/C22H20N6O2/c1-14-20-18-5-3-4-6-19(18)28(21(20)22(29)25-23-14)13-16-12-27(26-24-16)11-15-7-9-17(30-2)10-8-15/h3-10,12H,11,13H2,1-2H3,(H,25,29). The minimum Gasteiger partial charge on any atom is -0.497 e. The van der Waals surface area contributed by atoms with Crippen LogP contribution in [0.5, 0.6) is 5.75 Å². The van der Waals surface area contributed by atoms with Crippen molar-refractivity contribution in [3.8, 4) is 5.75 Å². The van der Waals surface area contributed by atoms with Gasteiger partial charge in [-0.1, -0.05) is 35.5 Å². The Morgan fingerprint density at radius 3 is 2.67 bits per heavy atom. The first kappa shape index (κ1) is 18.1. The van der Waals surface area contributed by atoms with E-state index in [0.717, 1.165) is 39.0 Å². The van der Waals surface area contributed by atoms with Gasteiger partial charge in [-0.25, -0.2) is 9.78 Å². The van der Waals surface area contributed by atoms with E-state index >= 15 is 0 Å². The Labute approximate surface area is 171 Å². The Kier molecular flexibility index (Phi) is 4.31. The first-order valence-corrected chi connectivity index (χ1v) is 9.62. The molecule has 150 valence electrons. The average molecular weight is 400 g/mol. The minimum absolute atomic E-state index is 0.211. The van der Waals surface area contributed by atoms with Crippen molar-refractivity contribution < 1.29 is 4.74 Å². The van der Waals surface area contributed by atoms with E-state index in [1.165, 1.54) is 0 Å². The molecule has 8 nitrogen and oxygen atoms in total. The molecule has 0 radical (unpaired) electrons. The third kappa shape index (κ3) is 3.02. The van der Waals surface area contributed by atoms with E-state index < -0.39 is 0 Å². The Bertz CT molecular complexity index is 1410. The van der Waals surface area contributed by atoms with E-state index in [0.29, 0.717) is 18.6 Å². The largest absolute Gasteiger partial charge is 0.497 e.